The number of rotatable bonds is 6. The first-order chi connectivity index (χ1) is 7.89. The molecular weight excluding hydrogens is 218 g/mol. The van der Waals surface area contributed by atoms with E-state index in [1.807, 2.05) is 0 Å². The third-order valence-electron chi connectivity index (χ3n) is 2.70. The number of carboxylic acids is 1. The lowest BCUT2D eigenvalue weighted by atomic mass is 9.87. The summed E-state index contributed by atoms with van der Waals surface area (Å²) in [6.07, 6.45) is 3.21. The number of carbonyl (C=O) groups is 1. The molecule has 1 unspecified atom stereocenters. The lowest BCUT2D eigenvalue weighted by Gasteiger charge is -2.20. The van der Waals surface area contributed by atoms with Gasteiger partial charge in [0.25, 0.3) is 0 Å². The van der Waals surface area contributed by atoms with Crippen molar-refractivity contribution in [2.45, 2.75) is 33.7 Å². The number of carboxylic acid groups (broad SMARTS) is 1. The van der Waals surface area contributed by atoms with Gasteiger partial charge in [0.05, 0.1) is 5.41 Å². The van der Waals surface area contributed by atoms with Crippen molar-refractivity contribution in [1.29, 1.82) is 0 Å². The van der Waals surface area contributed by atoms with E-state index in [1.54, 1.807) is 11.6 Å². The van der Waals surface area contributed by atoms with Crippen LogP contribution < -0.4 is 0 Å². The van der Waals surface area contributed by atoms with Gasteiger partial charge in [-0.25, -0.2) is 9.67 Å². The molecule has 1 aromatic rings. The highest BCUT2D eigenvalue weighted by atomic mass is 16.4. The topological polar surface area (TPSA) is 68.0 Å². The van der Waals surface area contributed by atoms with Gasteiger partial charge in [0.2, 0.25) is 0 Å². The third-order valence-corrected chi connectivity index (χ3v) is 2.70. The van der Waals surface area contributed by atoms with E-state index in [9.17, 15) is 9.90 Å². The second-order valence-electron chi connectivity index (χ2n) is 4.86. The first-order valence-electron chi connectivity index (χ1n) is 5.62. The summed E-state index contributed by atoms with van der Waals surface area (Å²) in [4.78, 5) is 15.3. The SMILES string of the molecule is C=CC(C)(Cc1ncnn1CC(C)C)C(=O)O. The molecule has 0 radical (unpaired) electrons. The van der Waals surface area contributed by atoms with Gasteiger partial charge in [0.1, 0.15) is 12.2 Å². The molecule has 0 aliphatic carbocycles. The van der Waals surface area contributed by atoms with Crippen molar-refractivity contribution in [1.82, 2.24) is 14.8 Å². The van der Waals surface area contributed by atoms with Gasteiger partial charge in [-0.1, -0.05) is 19.9 Å². The van der Waals surface area contributed by atoms with Gasteiger partial charge in [-0.3, -0.25) is 4.79 Å². The summed E-state index contributed by atoms with van der Waals surface area (Å²) < 4.78 is 1.76. The van der Waals surface area contributed by atoms with Crippen LogP contribution in [0.25, 0.3) is 0 Å². The molecule has 0 aliphatic heterocycles. The Bertz CT molecular complexity index is 412. The Labute approximate surface area is 101 Å². The third kappa shape index (κ3) is 3.15. The summed E-state index contributed by atoms with van der Waals surface area (Å²) >= 11 is 0. The van der Waals surface area contributed by atoms with Crippen LogP contribution >= 0.6 is 0 Å². The quantitative estimate of drug-likeness (QED) is 0.765. The van der Waals surface area contributed by atoms with Gasteiger partial charge >= 0.3 is 5.97 Å². The van der Waals surface area contributed by atoms with Crippen LogP contribution in [0.2, 0.25) is 0 Å². The zero-order valence-corrected chi connectivity index (χ0v) is 10.6. The first-order valence-corrected chi connectivity index (χ1v) is 5.62. The zero-order valence-electron chi connectivity index (χ0n) is 10.6. The highest BCUT2D eigenvalue weighted by molar-refractivity contribution is 5.76. The van der Waals surface area contributed by atoms with Gasteiger partial charge in [-0.2, -0.15) is 5.10 Å². The van der Waals surface area contributed by atoms with Crippen molar-refractivity contribution in [3.63, 3.8) is 0 Å². The van der Waals surface area contributed by atoms with Gasteiger partial charge in [0.15, 0.2) is 0 Å². The Kier molecular flexibility index (Phi) is 4.04. The van der Waals surface area contributed by atoms with Gasteiger partial charge in [0, 0.05) is 13.0 Å². The van der Waals surface area contributed by atoms with Crippen molar-refractivity contribution in [3.8, 4) is 0 Å². The number of aliphatic carboxylic acids is 1. The molecule has 0 aromatic carbocycles. The fourth-order valence-electron chi connectivity index (χ4n) is 1.49. The van der Waals surface area contributed by atoms with Crippen LogP contribution in [0.15, 0.2) is 19.0 Å². The molecule has 5 heteroatoms. The van der Waals surface area contributed by atoms with E-state index in [-0.39, 0.29) is 0 Å². The second-order valence-corrected chi connectivity index (χ2v) is 4.86. The largest absolute Gasteiger partial charge is 0.481 e. The fraction of sp³-hybridized carbons (Fsp3) is 0.583. The van der Waals surface area contributed by atoms with Crippen LogP contribution in [0.1, 0.15) is 26.6 Å². The Balaban J connectivity index is 2.91. The van der Waals surface area contributed by atoms with Crippen molar-refractivity contribution >= 4 is 5.97 Å². The zero-order chi connectivity index (χ0) is 13.1. The molecule has 0 aliphatic rings. The molecule has 0 saturated carbocycles. The molecule has 0 bridgehead atoms. The average molecular weight is 237 g/mol. The minimum absolute atomic E-state index is 0.304. The predicted octanol–water partition coefficient (Wildman–Crippen LogP) is 1.75. The summed E-state index contributed by atoms with van der Waals surface area (Å²) in [6.45, 7) is 10.1. The smallest absolute Gasteiger partial charge is 0.313 e. The fourth-order valence-corrected chi connectivity index (χ4v) is 1.49. The number of aromatic nitrogens is 3. The maximum atomic E-state index is 11.2. The summed E-state index contributed by atoms with van der Waals surface area (Å²) in [6, 6.07) is 0. The van der Waals surface area contributed by atoms with Gasteiger partial charge in [-0.05, 0) is 12.8 Å². The van der Waals surface area contributed by atoms with Crippen LogP contribution in [0.5, 0.6) is 0 Å². The van der Waals surface area contributed by atoms with Crippen molar-refractivity contribution in [2.24, 2.45) is 11.3 Å². The summed E-state index contributed by atoms with van der Waals surface area (Å²) in [5.41, 5.74) is -0.998. The van der Waals surface area contributed by atoms with E-state index in [0.717, 1.165) is 6.54 Å². The van der Waals surface area contributed by atoms with E-state index in [4.69, 9.17) is 0 Å². The number of nitrogens with zero attached hydrogens (tertiary/aromatic N) is 3. The van der Waals surface area contributed by atoms with E-state index in [0.29, 0.717) is 18.2 Å². The lowest BCUT2D eigenvalue weighted by molar-refractivity contribution is -0.145. The minimum atomic E-state index is -0.998. The van der Waals surface area contributed by atoms with Gasteiger partial charge in [-0.15, -0.1) is 6.58 Å². The minimum Gasteiger partial charge on any atom is -0.481 e. The van der Waals surface area contributed by atoms with Crippen LogP contribution in [0.3, 0.4) is 0 Å². The predicted molar refractivity (Wildman–Crippen MR) is 64.5 cm³/mol. The molecular formula is C12H19N3O2. The van der Waals surface area contributed by atoms with Crippen molar-refractivity contribution < 1.29 is 9.90 Å². The highest BCUT2D eigenvalue weighted by Gasteiger charge is 2.31. The molecule has 94 valence electrons. The van der Waals surface area contributed by atoms with E-state index >= 15 is 0 Å². The molecule has 0 amide bonds. The second kappa shape index (κ2) is 5.12. The Morgan fingerprint density at radius 3 is 2.82 bits per heavy atom. The van der Waals surface area contributed by atoms with Crippen molar-refractivity contribution in [3.05, 3.63) is 24.8 Å². The number of hydrogen-bond acceptors (Lipinski definition) is 3. The van der Waals surface area contributed by atoms with Crippen LogP contribution in [0.4, 0.5) is 0 Å². The Morgan fingerprint density at radius 2 is 2.35 bits per heavy atom. The standard InChI is InChI=1S/C12H19N3O2/c1-5-12(4,11(16)17)6-10-13-8-14-15(10)7-9(2)3/h5,8-9H,1,6-7H2,2-4H3,(H,16,17). The van der Waals surface area contributed by atoms with Crippen molar-refractivity contribution in [2.75, 3.05) is 0 Å². The average Bonchev–Trinajstić information content (AvgIpc) is 2.64. The molecule has 5 nitrogen and oxygen atoms in total. The molecule has 1 aromatic heterocycles. The maximum Gasteiger partial charge on any atom is 0.313 e. The van der Waals surface area contributed by atoms with Crippen LogP contribution in [-0.2, 0) is 17.8 Å². The normalized spacial score (nSPS) is 14.6. The molecule has 0 saturated heterocycles. The van der Waals surface area contributed by atoms with Gasteiger partial charge < -0.3 is 5.11 Å². The molecule has 0 fully saturated rings. The molecule has 1 rings (SSSR count). The summed E-state index contributed by atoms with van der Waals surface area (Å²) in [5.74, 6) is 0.227. The summed E-state index contributed by atoms with van der Waals surface area (Å²) in [5, 5.41) is 13.3. The van der Waals surface area contributed by atoms with Crippen LogP contribution in [0, 0.1) is 11.3 Å². The summed E-state index contributed by atoms with van der Waals surface area (Å²) in [7, 11) is 0. The molecule has 1 heterocycles. The Morgan fingerprint density at radius 1 is 1.71 bits per heavy atom. The van der Waals surface area contributed by atoms with Crippen LogP contribution in [-0.4, -0.2) is 25.8 Å². The van der Waals surface area contributed by atoms with E-state index in [1.165, 1.54) is 12.4 Å². The Hall–Kier alpha value is -1.65. The first kappa shape index (κ1) is 13.4. The molecule has 17 heavy (non-hydrogen) atoms. The lowest BCUT2D eigenvalue weighted by Crippen LogP contribution is -2.29. The molecule has 1 atom stereocenters. The highest BCUT2D eigenvalue weighted by Crippen LogP contribution is 2.23. The van der Waals surface area contributed by atoms with E-state index < -0.39 is 11.4 Å². The molecule has 1 N–H and O–H groups in total. The monoisotopic (exact) mass is 237 g/mol. The molecule has 0 spiro atoms. The van der Waals surface area contributed by atoms with E-state index in [2.05, 4.69) is 30.5 Å². The number of hydrogen-bond donors (Lipinski definition) is 1. The maximum absolute atomic E-state index is 11.2.